The molecule has 3 aromatic rings. The van der Waals surface area contributed by atoms with E-state index in [0.29, 0.717) is 28.0 Å². The minimum absolute atomic E-state index is 0.0484. The second-order valence-electron chi connectivity index (χ2n) is 6.26. The lowest BCUT2D eigenvalue weighted by Crippen LogP contribution is -2.26. The number of aliphatic hydroxyl groups is 1. The van der Waals surface area contributed by atoms with Crippen molar-refractivity contribution in [2.45, 2.75) is 12.8 Å². The molecule has 4 rings (SSSR count). The van der Waals surface area contributed by atoms with E-state index in [-0.39, 0.29) is 23.6 Å². The summed E-state index contributed by atoms with van der Waals surface area (Å²) in [6.45, 7) is 1.93. The van der Waals surface area contributed by atoms with Crippen molar-refractivity contribution < 1.29 is 19.0 Å². The van der Waals surface area contributed by atoms with Crippen LogP contribution < -0.4 is 20.8 Å². The first-order chi connectivity index (χ1) is 14.5. The number of aliphatic hydroxyl groups excluding tert-OH is 1. The Balaban J connectivity index is 0.000000806. The summed E-state index contributed by atoms with van der Waals surface area (Å²) in [5.74, 6) is -0.00521. The Bertz CT molecular complexity index is 1230. The normalized spacial score (nSPS) is 14.8. The fourth-order valence-corrected chi connectivity index (χ4v) is 3.69. The van der Waals surface area contributed by atoms with Crippen molar-refractivity contribution in [3.63, 3.8) is 0 Å². The van der Waals surface area contributed by atoms with Crippen LogP contribution in [0.2, 0.25) is 0 Å². The highest BCUT2D eigenvalue weighted by Crippen LogP contribution is 2.46. The van der Waals surface area contributed by atoms with Crippen molar-refractivity contribution in [2.75, 3.05) is 13.7 Å². The predicted octanol–water partition coefficient (Wildman–Crippen LogP) is 3.78. The van der Waals surface area contributed by atoms with Gasteiger partial charge in [-0.05, 0) is 37.3 Å². The van der Waals surface area contributed by atoms with Gasteiger partial charge in [0, 0.05) is 16.6 Å². The van der Waals surface area contributed by atoms with Crippen LogP contribution in [0.15, 0.2) is 67.6 Å². The SMILES string of the molecule is CCO.COc1ccc(Br)cc1C1C(C#N)=C(N)Oc2c1c(=O)oc1ccccc21. The van der Waals surface area contributed by atoms with E-state index in [4.69, 9.17) is 24.7 Å². The lowest BCUT2D eigenvalue weighted by molar-refractivity contribution is 0.318. The number of rotatable bonds is 2. The molecule has 1 aliphatic rings. The summed E-state index contributed by atoms with van der Waals surface area (Å²) in [6.07, 6.45) is 0. The smallest absolute Gasteiger partial charge is 0.344 e. The van der Waals surface area contributed by atoms with Gasteiger partial charge < -0.3 is 24.7 Å². The number of para-hydroxylation sites is 1. The quantitative estimate of drug-likeness (QED) is 0.546. The van der Waals surface area contributed by atoms with Gasteiger partial charge in [-0.25, -0.2) is 4.79 Å². The Morgan fingerprint density at radius 1 is 1.30 bits per heavy atom. The first kappa shape index (κ1) is 21.4. The third kappa shape index (κ3) is 3.77. The molecule has 2 aromatic carbocycles. The first-order valence-electron chi connectivity index (χ1n) is 9.04. The molecule has 0 fully saturated rings. The summed E-state index contributed by atoms with van der Waals surface area (Å²) in [5, 5.41) is 17.9. The van der Waals surface area contributed by atoms with Crippen LogP contribution in [-0.4, -0.2) is 18.8 Å². The highest BCUT2D eigenvalue weighted by molar-refractivity contribution is 9.10. The average molecular weight is 471 g/mol. The molecule has 7 nitrogen and oxygen atoms in total. The van der Waals surface area contributed by atoms with Crippen molar-refractivity contribution in [3.05, 3.63) is 79.9 Å². The first-order valence-corrected chi connectivity index (χ1v) is 9.83. The number of benzene rings is 2. The molecule has 0 saturated carbocycles. The number of nitrogens with zero attached hydrogens (tertiary/aromatic N) is 1. The second-order valence-corrected chi connectivity index (χ2v) is 7.17. The Morgan fingerprint density at radius 2 is 2.00 bits per heavy atom. The number of nitriles is 1. The van der Waals surface area contributed by atoms with Gasteiger partial charge in [0.25, 0.3) is 0 Å². The van der Waals surface area contributed by atoms with Gasteiger partial charge in [0.15, 0.2) is 5.75 Å². The van der Waals surface area contributed by atoms with Gasteiger partial charge in [-0.15, -0.1) is 0 Å². The molecule has 154 valence electrons. The van der Waals surface area contributed by atoms with Gasteiger partial charge in [-0.2, -0.15) is 5.26 Å². The van der Waals surface area contributed by atoms with Crippen molar-refractivity contribution in [1.29, 1.82) is 5.26 Å². The molecular formula is C22H19BrN2O5. The van der Waals surface area contributed by atoms with Crippen LogP contribution in [0, 0.1) is 11.3 Å². The van der Waals surface area contributed by atoms with E-state index in [1.165, 1.54) is 7.11 Å². The number of halogens is 1. The number of allylic oxidation sites excluding steroid dienone is 1. The van der Waals surface area contributed by atoms with Gasteiger partial charge in [0.1, 0.15) is 23.0 Å². The summed E-state index contributed by atoms with van der Waals surface area (Å²) >= 11 is 3.43. The molecular weight excluding hydrogens is 452 g/mol. The van der Waals surface area contributed by atoms with Crippen LogP contribution in [0.5, 0.6) is 11.5 Å². The molecule has 0 radical (unpaired) electrons. The molecule has 1 aromatic heterocycles. The Kier molecular flexibility index (Phi) is 6.45. The van der Waals surface area contributed by atoms with Crippen molar-refractivity contribution in [1.82, 2.24) is 0 Å². The zero-order chi connectivity index (χ0) is 21.8. The minimum Gasteiger partial charge on any atom is -0.496 e. The number of hydrogen-bond acceptors (Lipinski definition) is 7. The number of methoxy groups -OCH3 is 1. The molecule has 0 saturated heterocycles. The van der Waals surface area contributed by atoms with Gasteiger partial charge in [-0.3, -0.25) is 0 Å². The number of nitrogens with two attached hydrogens (primary N) is 1. The molecule has 30 heavy (non-hydrogen) atoms. The minimum atomic E-state index is -0.771. The highest BCUT2D eigenvalue weighted by Gasteiger charge is 2.37. The molecule has 1 unspecified atom stereocenters. The Morgan fingerprint density at radius 3 is 2.67 bits per heavy atom. The average Bonchev–Trinajstić information content (AvgIpc) is 2.73. The Labute approximate surface area is 181 Å². The van der Waals surface area contributed by atoms with Crippen LogP contribution in [0.1, 0.15) is 24.0 Å². The predicted molar refractivity (Wildman–Crippen MR) is 115 cm³/mol. The number of hydrogen-bond donors (Lipinski definition) is 2. The standard InChI is InChI=1S/C20H13BrN2O4.C2H6O/c1-25-14-7-6-10(21)8-12(14)16-13(9-22)19(23)27-18-11-4-2-3-5-15(11)26-20(24)17(16)18;1-2-3/h2-8,16H,23H2,1H3;3H,2H2,1H3. The van der Waals surface area contributed by atoms with E-state index in [9.17, 15) is 10.1 Å². The largest absolute Gasteiger partial charge is 0.496 e. The lowest BCUT2D eigenvalue weighted by Gasteiger charge is -2.27. The van der Waals surface area contributed by atoms with Gasteiger partial charge in [0.2, 0.25) is 5.88 Å². The molecule has 1 atom stereocenters. The van der Waals surface area contributed by atoms with Crippen LogP contribution in [-0.2, 0) is 0 Å². The van der Waals surface area contributed by atoms with Crippen molar-refractivity contribution in [2.24, 2.45) is 5.73 Å². The third-order valence-electron chi connectivity index (χ3n) is 4.48. The molecule has 0 bridgehead atoms. The number of fused-ring (bicyclic) bond motifs is 3. The summed E-state index contributed by atoms with van der Waals surface area (Å²) in [4.78, 5) is 12.8. The monoisotopic (exact) mass is 470 g/mol. The Hall–Kier alpha value is -3.28. The van der Waals surface area contributed by atoms with E-state index < -0.39 is 11.5 Å². The van der Waals surface area contributed by atoms with Gasteiger partial charge in [-0.1, -0.05) is 28.1 Å². The molecule has 8 heteroatoms. The lowest BCUT2D eigenvalue weighted by atomic mass is 9.83. The summed E-state index contributed by atoms with van der Waals surface area (Å²) in [5.41, 5.74) is 6.80. The maximum absolute atomic E-state index is 12.8. The molecule has 1 aliphatic heterocycles. The molecule has 0 aliphatic carbocycles. The van der Waals surface area contributed by atoms with Crippen LogP contribution in [0.25, 0.3) is 11.0 Å². The van der Waals surface area contributed by atoms with Crippen LogP contribution in [0.4, 0.5) is 0 Å². The van der Waals surface area contributed by atoms with Crippen molar-refractivity contribution in [3.8, 4) is 17.6 Å². The highest BCUT2D eigenvalue weighted by atomic mass is 79.9. The number of ether oxygens (including phenoxy) is 2. The van der Waals surface area contributed by atoms with Gasteiger partial charge >= 0.3 is 5.63 Å². The van der Waals surface area contributed by atoms with E-state index in [0.717, 1.165) is 4.47 Å². The third-order valence-corrected chi connectivity index (χ3v) is 4.97. The summed E-state index contributed by atoms with van der Waals surface area (Å²) in [7, 11) is 1.52. The van der Waals surface area contributed by atoms with E-state index in [1.807, 2.05) is 6.07 Å². The molecule has 0 spiro atoms. The zero-order valence-corrected chi connectivity index (χ0v) is 17.9. The van der Waals surface area contributed by atoms with E-state index in [1.54, 1.807) is 43.3 Å². The fourth-order valence-electron chi connectivity index (χ4n) is 3.31. The van der Waals surface area contributed by atoms with E-state index in [2.05, 4.69) is 22.0 Å². The fraction of sp³-hybridized carbons (Fsp3) is 0.182. The van der Waals surface area contributed by atoms with Crippen LogP contribution in [0.3, 0.4) is 0 Å². The molecule has 2 heterocycles. The van der Waals surface area contributed by atoms with Crippen LogP contribution >= 0.6 is 15.9 Å². The zero-order valence-electron chi connectivity index (χ0n) is 16.3. The summed E-state index contributed by atoms with van der Waals surface area (Å²) < 4.78 is 17.4. The molecule has 0 amide bonds. The van der Waals surface area contributed by atoms with E-state index >= 15 is 0 Å². The maximum Gasteiger partial charge on any atom is 0.344 e. The topological polar surface area (TPSA) is 119 Å². The van der Waals surface area contributed by atoms with Gasteiger partial charge in [0.05, 0.1) is 24.0 Å². The second kappa shape index (κ2) is 9.03. The van der Waals surface area contributed by atoms with Crippen molar-refractivity contribution >= 4 is 26.9 Å². The molecule has 3 N–H and O–H groups in total. The maximum atomic E-state index is 12.8. The summed E-state index contributed by atoms with van der Waals surface area (Å²) in [6, 6.07) is 14.4.